The molecule has 0 saturated heterocycles. The molecule has 1 fully saturated rings. The number of phenols is 1. The predicted molar refractivity (Wildman–Crippen MR) is 101 cm³/mol. The molecule has 7 heteroatoms. The lowest BCUT2D eigenvalue weighted by atomic mass is 10.2. The van der Waals surface area contributed by atoms with E-state index in [-0.39, 0.29) is 11.7 Å². The summed E-state index contributed by atoms with van der Waals surface area (Å²) in [6.45, 7) is 0.328. The van der Waals surface area contributed by atoms with E-state index in [9.17, 15) is 9.90 Å². The molecule has 0 radical (unpaired) electrons. The molecule has 140 valence electrons. The van der Waals surface area contributed by atoms with Crippen LogP contribution in [-0.2, 0) is 6.54 Å². The normalized spacial score (nSPS) is 14.6. The molecule has 1 aliphatic rings. The number of amides is 1. The predicted octanol–water partition coefficient (Wildman–Crippen LogP) is 3.19. The summed E-state index contributed by atoms with van der Waals surface area (Å²) in [7, 11) is 1.49. The van der Waals surface area contributed by atoms with Crippen LogP contribution in [0.1, 0.15) is 47.6 Å². The maximum Gasteiger partial charge on any atom is 0.253 e. The van der Waals surface area contributed by atoms with Crippen LogP contribution >= 0.6 is 0 Å². The summed E-state index contributed by atoms with van der Waals surface area (Å²) in [5.74, 6) is 0.246. The van der Waals surface area contributed by atoms with Crippen molar-refractivity contribution < 1.29 is 14.6 Å². The molecule has 1 saturated carbocycles. The van der Waals surface area contributed by atoms with Gasteiger partial charge in [-0.25, -0.2) is 9.67 Å². The highest BCUT2D eigenvalue weighted by atomic mass is 16.5. The van der Waals surface area contributed by atoms with Crippen molar-refractivity contribution in [1.29, 1.82) is 0 Å². The molecule has 7 nitrogen and oxygen atoms in total. The maximum atomic E-state index is 12.5. The molecule has 3 aromatic rings. The highest BCUT2D eigenvalue weighted by molar-refractivity contribution is 5.96. The average Bonchev–Trinajstić information content (AvgIpc) is 3.35. The Kier molecular flexibility index (Phi) is 4.66. The molecule has 0 aliphatic heterocycles. The molecule has 0 spiro atoms. The van der Waals surface area contributed by atoms with Gasteiger partial charge in [-0.3, -0.25) is 4.79 Å². The molecule has 2 heterocycles. The number of phenolic OH excluding ortho intramolecular Hbond substituents is 1. The van der Waals surface area contributed by atoms with Crippen molar-refractivity contribution in [3.63, 3.8) is 0 Å². The number of nitrogens with one attached hydrogen (secondary N) is 1. The molecule has 4 rings (SSSR count). The van der Waals surface area contributed by atoms with Gasteiger partial charge in [-0.05, 0) is 36.6 Å². The van der Waals surface area contributed by atoms with Crippen LogP contribution in [0.25, 0.3) is 11.0 Å². The standard InChI is InChI=1S/C20H22N4O3/c1-27-18-8-13(6-7-17(18)25)10-22-20(26)15-9-14-12-23-24(19(14)21-11-15)16-4-2-3-5-16/h6-9,11-12,16,25H,2-5,10H2,1H3,(H,22,26). The molecule has 27 heavy (non-hydrogen) atoms. The Morgan fingerprint density at radius 3 is 2.89 bits per heavy atom. The van der Waals surface area contributed by atoms with Crippen molar-refractivity contribution in [2.45, 2.75) is 38.3 Å². The smallest absolute Gasteiger partial charge is 0.253 e. The van der Waals surface area contributed by atoms with Crippen LogP contribution in [0.3, 0.4) is 0 Å². The second-order valence-electron chi connectivity index (χ2n) is 6.85. The van der Waals surface area contributed by atoms with Crippen LogP contribution < -0.4 is 10.1 Å². The second kappa shape index (κ2) is 7.26. The molecule has 1 aliphatic carbocycles. The molecule has 2 N–H and O–H groups in total. The third-order valence-corrected chi connectivity index (χ3v) is 5.06. The molecule has 0 bridgehead atoms. The summed E-state index contributed by atoms with van der Waals surface area (Å²) in [6.07, 6.45) is 8.11. The van der Waals surface area contributed by atoms with Gasteiger partial charge >= 0.3 is 0 Å². The zero-order valence-electron chi connectivity index (χ0n) is 15.2. The summed E-state index contributed by atoms with van der Waals surface area (Å²) >= 11 is 0. The van der Waals surface area contributed by atoms with Crippen LogP contribution in [0.5, 0.6) is 11.5 Å². The summed E-state index contributed by atoms with van der Waals surface area (Å²) in [4.78, 5) is 17.0. The fourth-order valence-corrected chi connectivity index (χ4v) is 3.60. The molecule has 1 amide bonds. The first-order chi connectivity index (χ1) is 13.2. The van der Waals surface area contributed by atoms with E-state index in [1.54, 1.807) is 30.6 Å². The number of carbonyl (C=O) groups excluding carboxylic acids is 1. The molecular weight excluding hydrogens is 344 g/mol. The largest absolute Gasteiger partial charge is 0.504 e. The van der Waals surface area contributed by atoms with Crippen LogP contribution in [0.15, 0.2) is 36.7 Å². The Hall–Kier alpha value is -3.09. The second-order valence-corrected chi connectivity index (χ2v) is 6.85. The molecule has 1 aromatic carbocycles. The number of hydrogen-bond acceptors (Lipinski definition) is 5. The number of aromatic nitrogens is 3. The number of hydrogen-bond donors (Lipinski definition) is 2. The molecule has 0 atom stereocenters. The van der Waals surface area contributed by atoms with Crippen molar-refractivity contribution in [1.82, 2.24) is 20.1 Å². The number of fused-ring (bicyclic) bond motifs is 1. The minimum absolute atomic E-state index is 0.0708. The lowest BCUT2D eigenvalue weighted by Crippen LogP contribution is -2.23. The van der Waals surface area contributed by atoms with Gasteiger partial charge in [-0.2, -0.15) is 5.10 Å². The number of ether oxygens (including phenoxy) is 1. The van der Waals surface area contributed by atoms with Gasteiger partial charge in [0, 0.05) is 18.1 Å². The Balaban J connectivity index is 1.48. The van der Waals surface area contributed by atoms with E-state index < -0.39 is 0 Å². The molecule has 0 unspecified atom stereocenters. The SMILES string of the molecule is COc1cc(CNC(=O)c2cnc3c(cnn3C3CCCC3)c2)ccc1O. The Morgan fingerprint density at radius 1 is 1.30 bits per heavy atom. The quantitative estimate of drug-likeness (QED) is 0.724. The lowest BCUT2D eigenvalue weighted by molar-refractivity contribution is 0.0950. The number of benzene rings is 1. The topological polar surface area (TPSA) is 89.3 Å². The fraction of sp³-hybridized carbons (Fsp3) is 0.350. The average molecular weight is 366 g/mol. The van der Waals surface area contributed by atoms with Gasteiger partial charge in [0.05, 0.1) is 24.9 Å². The van der Waals surface area contributed by atoms with Crippen molar-refractivity contribution in [2.24, 2.45) is 0 Å². The zero-order valence-corrected chi connectivity index (χ0v) is 15.2. The van der Waals surface area contributed by atoms with E-state index in [0.29, 0.717) is 23.9 Å². The van der Waals surface area contributed by atoms with Crippen molar-refractivity contribution in [2.75, 3.05) is 7.11 Å². The Bertz CT molecular complexity index is 977. The third kappa shape index (κ3) is 3.45. The Labute approximate surface area is 157 Å². The van der Waals surface area contributed by atoms with E-state index in [4.69, 9.17) is 4.74 Å². The van der Waals surface area contributed by atoms with E-state index in [2.05, 4.69) is 15.4 Å². The van der Waals surface area contributed by atoms with Crippen LogP contribution in [0, 0.1) is 0 Å². The number of rotatable bonds is 5. The summed E-state index contributed by atoms with van der Waals surface area (Å²) in [5.41, 5.74) is 2.17. The van der Waals surface area contributed by atoms with Crippen molar-refractivity contribution in [3.05, 3.63) is 47.8 Å². The van der Waals surface area contributed by atoms with Crippen LogP contribution in [0.2, 0.25) is 0 Å². The highest BCUT2D eigenvalue weighted by Crippen LogP contribution is 2.31. The van der Waals surface area contributed by atoms with Crippen molar-refractivity contribution in [3.8, 4) is 11.5 Å². The molecular formula is C20H22N4O3. The van der Waals surface area contributed by atoms with E-state index in [1.807, 2.05) is 10.7 Å². The first-order valence-electron chi connectivity index (χ1n) is 9.13. The summed E-state index contributed by atoms with van der Waals surface area (Å²) in [6, 6.07) is 7.23. The lowest BCUT2D eigenvalue weighted by Gasteiger charge is -2.11. The highest BCUT2D eigenvalue weighted by Gasteiger charge is 2.20. The Morgan fingerprint density at radius 2 is 2.11 bits per heavy atom. The monoisotopic (exact) mass is 366 g/mol. The van der Waals surface area contributed by atoms with Gasteiger partial charge in [0.15, 0.2) is 17.1 Å². The van der Waals surface area contributed by atoms with E-state index in [0.717, 1.165) is 29.4 Å². The summed E-state index contributed by atoms with van der Waals surface area (Å²) < 4.78 is 7.08. The van der Waals surface area contributed by atoms with Crippen LogP contribution in [0.4, 0.5) is 0 Å². The number of carbonyl (C=O) groups is 1. The van der Waals surface area contributed by atoms with Gasteiger partial charge < -0.3 is 15.2 Å². The first-order valence-corrected chi connectivity index (χ1v) is 9.13. The van der Waals surface area contributed by atoms with Crippen molar-refractivity contribution >= 4 is 16.9 Å². The zero-order chi connectivity index (χ0) is 18.8. The first kappa shape index (κ1) is 17.3. The van der Waals surface area contributed by atoms with Gasteiger partial charge in [-0.1, -0.05) is 18.9 Å². The number of aromatic hydroxyl groups is 1. The number of pyridine rings is 1. The summed E-state index contributed by atoms with van der Waals surface area (Å²) in [5, 5.41) is 17.9. The van der Waals surface area contributed by atoms with Gasteiger partial charge in [0.25, 0.3) is 5.91 Å². The van der Waals surface area contributed by atoms with Gasteiger partial charge in [0.1, 0.15) is 0 Å². The molecule has 2 aromatic heterocycles. The van der Waals surface area contributed by atoms with E-state index in [1.165, 1.54) is 20.0 Å². The minimum Gasteiger partial charge on any atom is -0.504 e. The van der Waals surface area contributed by atoms with E-state index >= 15 is 0 Å². The van der Waals surface area contributed by atoms with Gasteiger partial charge in [0.2, 0.25) is 0 Å². The van der Waals surface area contributed by atoms with Crippen LogP contribution in [-0.4, -0.2) is 32.9 Å². The number of methoxy groups -OCH3 is 1. The fourth-order valence-electron chi connectivity index (χ4n) is 3.60. The minimum atomic E-state index is -0.204. The number of nitrogens with zero attached hydrogens (tertiary/aromatic N) is 3. The third-order valence-electron chi connectivity index (χ3n) is 5.06. The maximum absolute atomic E-state index is 12.5. The van der Waals surface area contributed by atoms with Gasteiger partial charge in [-0.15, -0.1) is 0 Å².